The van der Waals surface area contributed by atoms with E-state index in [4.69, 9.17) is 4.79 Å². The SMILES string of the molecule is CCC1CCC(NC)C1.NC=O. The molecule has 0 saturated heterocycles. The van der Waals surface area contributed by atoms with E-state index in [9.17, 15) is 0 Å². The Morgan fingerprint density at radius 3 is 2.42 bits per heavy atom. The van der Waals surface area contributed by atoms with Crippen molar-refractivity contribution in [2.45, 2.75) is 38.6 Å². The zero-order chi connectivity index (χ0) is 9.40. The fraction of sp³-hybridized carbons (Fsp3) is 0.889. The Labute approximate surface area is 74.7 Å². The molecular formula is C9H20N2O. The molecule has 0 spiro atoms. The molecule has 0 heterocycles. The van der Waals surface area contributed by atoms with Crippen molar-refractivity contribution in [2.24, 2.45) is 11.7 Å². The summed E-state index contributed by atoms with van der Waals surface area (Å²) in [7, 11) is 2.07. The summed E-state index contributed by atoms with van der Waals surface area (Å²) in [6.45, 7) is 2.29. The number of rotatable bonds is 2. The van der Waals surface area contributed by atoms with Crippen LogP contribution in [0.1, 0.15) is 32.6 Å². The molecule has 1 aliphatic rings. The quantitative estimate of drug-likeness (QED) is 0.608. The Morgan fingerprint density at radius 2 is 2.17 bits per heavy atom. The molecule has 12 heavy (non-hydrogen) atoms. The third-order valence-electron chi connectivity index (χ3n) is 2.53. The van der Waals surface area contributed by atoms with Crippen LogP contribution < -0.4 is 11.1 Å². The molecule has 1 saturated carbocycles. The van der Waals surface area contributed by atoms with Crippen molar-refractivity contribution < 1.29 is 4.79 Å². The van der Waals surface area contributed by atoms with Crippen LogP contribution in [0.25, 0.3) is 0 Å². The minimum atomic E-state index is 0.250. The first-order valence-electron chi connectivity index (χ1n) is 4.61. The lowest BCUT2D eigenvalue weighted by Gasteiger charge is -2.06. The average Bonchev–Trinajstić information content (AvgIpc) is 2.53. The number of primary amides is 1. The molecule has 3 heteroatoms. The summed E-state index contributed by atoms with van der Waals surface area (Å²) < 4.78 is 0. The Bertz CT molecular complexity index is 107. The van der Waals surface area contributed by atoms with E-state index in [1.807, 2.05) is 0 Å². The Morgan fingerprint density at radius 1 is 1.58 bits per heavy atom. The highest BCUT2D eigenvalue weighted by molar-refractivity contribution is 5.42. The number of amides is 1. The van der Waals surface area contributed by atoms with Crippen LogP contribution >= 0.6 is 0 Å². The molecule has 2 unspecified atom stereocenters. The van der Waals surface area contributed by atoms with E-state index in [-0.39, 0.29) is 6.41 Å². The predicted octanol–water partition coefficient (Wildman–Crippen LogP) is 0.886. The Balaban J connectivity index is 0.000000354. The predicted molar refractivity (Wildman–Crippen MR) is 50.7 cm³/mol. The van der Waals surface area contributed by atoms with Crippen LogP contribution in [0.2, 0.25) is 0 Å². The highest BCUT2D eigenvalue weighted by atomic mass is 16.1. The van der Waals surface area contributed by atoms with Crippen LogP contribution in [-0.4, -0.2) is 19.5 Å². The monoisotopic (exact) mass is 172 g/mol. The van der Waals surface area contributed by atoms with Crippen LogP contribution in [0.4, 0.5) is 0 Å². The van der Waals surface area contributed by atoms with E-state index in [0.717, 1.165) is 12.0 Å². The summed E-state index contributed by atoms with van der Waals surface area (Å²) in [5.41, 5.74) is 4.17. The van der Waals surface area contributed by atoms with Gasteiger partial charge in [-0.25, -0.2) is 0 Å². The Kier molecular flexibility index (Phi) is 6.76. The van der Waals surface area contributed by atoms with E-state index in [1.54, 1.807) is 0 Å². The van der Waals surface area contributed by atoms with Crippen molar-refractivity contribution in [2.75, 3.05) is 7.05 Å². The van der Waals surface area contributed by atoms with Crippen molar-refractivity contribution in [3.05, 3.63) is 0 Å². The number of hydrogen-bond donors (Lipinski definition) is 2. The van der Waals surface area contributed by atoms with Gasteiger partial charge in [0, 0.05) is 6.04 Å². The second kappa shape index (κ2) is 7.10. The fourth-order valence-corrected chi connectivity index (χ4v) is 1.71. The number of nitrogens with two attached hydrogens (primary N) is 1. The molecule has 1 rings (SSSR count). The molecule has 0 radical (unpaired) electrons. The second-order valence-corrected chi connectivity index (χ2v) is 3.21. The van der Waals surface area contributed by atoms with Gasteiger partial charge in [0.1, 0.15) is 0 Å². The summed E-state index contributed by atoms with van der Waals surface area (Å²) in [6.07, 6.45) is 5.88. The third-order valence-corrected chi connectivity index (χ3v) is 2.53. The third kappa shape index (κ3) is 4.34. The minimum absolute atomic E-state index is 0.250. The van der Waals surface area contributed by atoms with E-state index >= 15 is 0 Å². The molecule has 2 atom stereocenters. The number of nitrogens with one attached hydrogen (secondary N) is 1. The molecule has 0 aromatic rings. The Hall–Kier alpha value is -0.570. The fourth-order valence-electron chi connectivity index (χ4n) is 1.71. The summed E-state index contributed by atoms with van der Waals surface area (Å²) in [5.74, 6) is 1.02. The molecule has 3 nitrogen and oxygen atoms in total. The van der Waals surface area contributed by atoms with E-state index < -0.39 is 0 Å². The molecule has 0 aromatic heterocycles. The van der Waals surface area contributed by atoms with Gasteiger partial charge in [0.2, 0.25) is 6.41 Å². The summed E-state index contributed by atoms with van der Waals surface area (Å²) in [6, 6.07) is 0.829. The van der Waals surface area contributed by atoms with Crippen LogP contribution in [0.15, 0.2) is 0 Å². The highest BCUT2D eigenvalue weighted by Crippen LogP contribution is 2.27. The zero-order valence-electron chi connectivity index (χ0n) is 8.05. The normalized spacial score (nSPS) is 27.5. The first-order chi connectivity index (χ1) is 5.78. The van der Waals surface area contributed by atoms with Gasteiger partial charge in [-0.2, -0.15) is 0 Å². The summed E-state index contributed by atoms with van der Waals surface area (Å²) >= 11 is 0. The number of hydrogen-bond acceptors (Lipinski definition) is 2. The van der Waals surface area contributed by atoms with Gasteiger partial charge in [-0.05, 0) is 32.2 Å². The van der Waals surface area contributed by atoms with Gasteiger partial charge in [-0.3, -0.25) is 4.79 Å². The maximum absolute atomic E-state index is 8.58. The molecular weight excluding hydrogens is 152 g/mol. The zero-order valence-corrected chi connectivity index (χ0v) is 8.05. The first kappa shape index (κ1) is 11.4. The topological polar surface area (TPSA) is 55.1 Å². The lowest BCUT2D eigenvalue weighted by Crippen LogP contribution is -2.21. The standard InChI is InChI=1S/C8H17N.CH3NO/c1-3-7-4-5-8(6-7)9-2;2-1-3/h7-9H,3-6H2,1-2H3;1H,(H2,2,3). The molecule has 0 bridgehead atoms. The smallest absolute Gasteiger partial charge is 0.204 e. The van der Waals surface area contributed by atoms with E-state index in [2.05, 4.69) is 25.0 Å². The molecule has 1 amide bonds. The van der Waals surface area contributed by atoms with Gasteiger partial charge in [0.25, 0.3) is 0 Å². The maximum Gasteiger partial charge on any atom is 0.204 e. The molecule has 1 aliphatic carbocycles. The summed E-state index contributed by atoms with van der Waals surface area (Å²) in [5, 5.41) is 3.33. The van der Waals surface area contributed by atoms with Gasteiger partial charge in [0.05, 0.1) is 0 Å². The van der Waals surface area contributed by atoms with Crippen LogP contribution in [0.5, 0.6) is 0 Å². The molecule has 3 N–H and O–H groups in total. The molecule has 0 aromatic carbocycles. The van der Waals surface area contributed by atoms with Gasteiger partial charge >= 0.3 is 0 Å². The number of carbonyl (C=O) groups excluding carboxylic acids is 1. The molecule has 72 valence electrons. The van der Waals surface area contributed by atoms with Gasteiger partial charge in [-0.15, -0.1) is 0 Å². The molecule has 0 aliphatic heterocycles. The number of carbonyl (C=O) groups is 1. The minimum Gasteiger partial charge on any atom is -0.372 e. The highest BCUT2D eigenvalue weighted by Gasteiger charge is 2.20. The van der Waals surface area contributed by atoms with Gasteiger partial charge in [0.15, 0.2) is 0 Å². The van der Waals surface area contributed by atoms with Crippen LogP contribution in [0, 0.1) is 5.92 Å². The van der Waals surface area contributed by atoms with Crippen LogP contribution in [-0.2, 0) is 4.79 Å². The van der Waals surface area contributed by atoms with Crippen molar-refractivity contribution in [3.63, 3.8) is 0 Å². The first-order valence-corrected chi connectivity index (χ1v) is 4.61. The van der Waals surface area contributed by atoms with Crippen molar-refractivity contribution in [1.82, 2.24) is 5.32 Å². The average molecular weight is 172 g/mol. The molecule has 1 fully saturated rings. The maximum atomic E-state index is 8.58. The van der Waals surface area contributed by atoms with Crippen molar-refractivity contribution >= 4 is 6.41 Å². The summed E-state index contributed by atoms with van der Waals surface area (Å²) in [4.78, 5) is 8.58. The lowest BCUT2D eigenvalue weighted by molar-refractivity contribution is -0.106. The lowest BCUT2D eigenvalue weighted by atomic mass is 10.1. The van der Waals surface area contributed by atoms with Crippen LogP contribution in [0.3, 0.4) is 0 Å². The van der Waals surface area contributed by atoms with Gasteiger partial charge < -0.3 is 11.1 Å². The van der Waals surface area contributed by atoms with Gasteiger partial charge in [-0.1, -0.05) is 13.3 Å². The van der Waals surface area contributed by atoms with E-state index in [0.29, 0.717) is 0 Å². The second-order valence-electron chi connectivity index (χ2n) is 3.21. The van der Waals surface area contributed by atoms with Crippen molar-refractivity contribution in [1.29, 1.82) is 0 Å². The largest absolute Gasteiger partial charge is 0.372 e. The van der Waals surface area contributed by atoms with E-state index in [1.165, 1.54) is 25.7 Å². The van der Waals surface area contributed by atoms with Crippen molar-refractivity contribution in [3.8, 4) is 0 Å².